The van der Waals surface area contributed by atoms with E-state index in [4.69, 9.17) is 66.3 Å². The molecule has 15 rings (SSSR count). The smallest absolute Gasteiger partial charge is 0.408 e. The topological polar surface area (TPSA) is 424 Å². The molecule has 24 atom stereocenters. The first-order chi connectivity index (χ1) is 58.8. The molecule has 2 aromatic carbocycles. The molecule has 2 aromatic heterocycles. The molecule has 6 N–H and O–H groups in total. The molecule has 0 spiro atoms. The van der Waals surface area contributed by atoms with Crippen LogP contribution in [0.2, 0.25) is 0 Å². The minimum Gasteiger partial charge on any atom is -0.456 e. The van der Waals surface area contributed by atoms with Crippen molar-refractivity contribution < 1.29 is 125 Å². The van der Waals surface area contributed by atoms with Crippen LogP contribution in [0.25, 0.3) is 0 Å². The van der Waals surface area contributed by atoms with Crippen molar-refractivity contribution in [3.05, 3.63) is 167 Å². The number of carbonyl (C=O) groups is 8. The molecular weight excluding hydrogens is 1620 g/mol. The quantitative estimate of drug-likeness (QED) is 0.0289. The zero-order valence-electron chi connectivity index (χ0n) is 73.5. The van der Waals surface area contributed by atoms with Gasteiger partial charge in [-0.2, -0.15) is 5.26 Å². The largest absolute Gasteiger partial charge is 0.456 e. The lowest BCUT2D eigenvalue weighted by atomic mass is 9.45. The molecule has 125 heavy (non-hydrogen) atoms. The number of nitrogens with one attached hydrogen (secondary N) is 2. The number of aliphatic hydroxyl groups is 4. The normalized spacial score (nSPS) is 34.9. The summed E-state index contributed by atoms with van der Waals surface area (Å²) in [7, 11) is 0. The number of fused-ring (bicyclic) bond motifs is 16. The van der Waals surface area contributed by atoms with E-state index in [0.29, 0.717) is 67.6 Å². The van der Waals surface area contributed by atoms with Crippen LogP contribution in [0.3, 0.4) is 0 Å². The Morgan fingerprint density at radius 3 is 1.34 bits per heavy atom. The van der Waals surface area contributed by atoms with Crippen molar-refractivity contribution >= 4 is 48.0 Å². The number of ether oxygens (including phenoxy) is 14. The number of rotatable bonds is 19. The molecule has 5 saturated heterocycles. The fraction of sp³-hybridized carbons (Fsp3) is 0.602. The van der Waals surface area contributed by atoms with Crippen molar-refractivity contribution in [2.75, 3.05) is 32.8 Å². The number of hydrogen-bond donors (Lipinski definition) is 6. The van der Waals surface area contributed by atoms with Crippen molar-refractivity contribution in [1.82, 2.24) is 25.5 Å². The summed E-state index contributed by atoms with van der Waals surface area (Å²) >= 11 is 0. The molecule has 0 unspecified atom stereocenters. The van der Waals surface area contributed by atoms with E-state index in [-0.39, 0.29) is 54.5 Å². The standard InChI is InChI=1S/C48H60N4O13.C45H56N2O13/c1-26-31(60-42(56)36(54)35(30-16-12-13-19-50-30)51-43(57)65-44(3,4)5)20-48(58)40(63-41(55)29-14-10-9-11-15-29)38-46(8,18-17-32-47(38,25-59-32)64-27(2)53)39-37(34(26)45(48,6)7)61-33(62-39)24-52-22-28(21-49)23-52;1-10-30-56-34-31-24(2)28(55-39(51)33(49)32(27-18-14-15-21-46-27)47-40(52)60-41(4,5)6)22-45(53,42(31,7)8)37(58-38(50)26-16-12-11-13-17-26)35-43(9,36(34)57-30)20-19-29-44(35,23-54-29)59-25(3)48/h9-16,19,28,31-33,35-40,54,58H,17-18,20,22-25H2,1-8H3,(H,51,57);10-18,21,28-30,32-37,49,53H,1,19-20,22-23H2,2-9H3,(H,47,52)/t31-,32+,33+,35-,36+,37+,38-,39+,40-,46+,47-,48+;28-,29+,30+,32-,33+,34+,35-,36+,37-,43+,44-,45+/m00/s1. The number of alkyl carbamates (subject to hydrolysis) is 2. The first-order valence-corrected chi connectivity index (χ1v) is 42.7. The van der Waals surface area contributed by atoms with Crippen LogP contribution in [0.4, 0.5) is 9.59 Å². The van der Waals surface area contributed by atoms with E-state index < -0.39 is 213 Å². The second-order valence-corrected chi connectivity index (χ2v) is 38.6. The van der Waals surface area contributed by atoms with Gasteiger partial charge in [-0.05, 0) is 158 Å². The van der Waals surface area contributed by atoms with Crippen LogP contribution in [0.15, 0.2) is 144 Å². The third-order valence-electron chi connectivity index (χ3n) is 27.8. The number of likely N-dealkylation sites (tertiary alicyclic amines) is 1. The van der Waals surface area contributed by atoms with Crippen molar-refractivity contribution in [3.8, 4) is 6.07 Å². The molecule has 0 radical (unpaired) electrons. The number of benzene rings is 2. The molecule has 6 aliphatic carbocycles. The number of esters is 6. The van der Waals surface area contributed by atoms with Crippen molar-refractivity contribution in [3.63, 3.8) is 0 Å². The van der Waals surface area contributed by atoms with Gasteiger partial charge in [-0.25, -0.2) is 28.8 Å². The van der Waals surface area contributed by atoms with E-state index in [1.165, 1.54) is 44.4 Å². The molecule has 4 bridgehead atoms. The van der Waals surface area contributed by atoms with Crippen molar-refractivity contribution in [2.24, 2.45) is 39.4 Å². The molecule has 32 nitrogen and oxygen atoms in total. The zero-order chi connectivity index (χ0) is 90.4. The Morgan fingerprint density at radius 1 is 0.584 bits per heavy atom. The summed E-state index contributed by atoms with van der Waals surface area (Å²) in [5.74, 6) is -6.98. The molecule has 9 fully saturated rings. The second kappa shape index (κ2) is 34.2. The van der Waals surface area contributed by atoms with Crippen LogP contribution >= 0.6 is 0 Å². The molecular formula is C93H116N6O26. The summed E-state index contributed by atoms with van der Waals surface area (Å²) in [5.41, 5.74) is -10.5. The predicted molar refractivity (Wildman–Crippen MR) is 441 cm³/mol. The molecule has 32 heteroatoms. The maximum absolute atomic E-state index is 14.5. The number of aliphatic hydroxyl groups excluding tert-OH is 2. The van der Waals surface area contributed by atoms with Gasteiger partial charge in [0, 0.05) is 80.4 Å². The van der Waals surface area contributed by atoms with Crippen LogP contribution in [0.5, 0.6) is 0 Å². The summed E-state index contributed by atoms with van der Waals surface area (Å²) in [6, 6.07) is 25.8. The lowest BCUT2D eigenvalue weighted by Crippen LogP contribution is -2.79. The van der Waals surface area contributed by atoms with Gasteiger partial charge in [0.15, 0.2) is 36.0 Å². The Bertz CT molecular complexity index is 4870. The van der Waals surface area contributed by atoms with Crippen LogP contribution in [0, 0.1) is 50.7 Å². The van der Waals surface area contributed by atoms with Gasteiger partial charge in [-0.1, -0.05) is 96.7 Å². The Kier molecular flexibility index (Phi) is 25.0. The Morgan fingerprint density at radius 2 is 0.984 bits per heavy atom. The van der Waals surface area contributed by atoms with E-state index in [0.717, 1.165) is 0 Å². The summed E-state index contributed by atoms with van der Waals surface area (Å²) in [5, 5.41) is 65.9. The number of nitriles is 1. The van der Waals surface area contributed by atoms with E-state index >= 15 is 0 Å². The highest BCUT2D eigenvalue weighted by atomic mass is 16.7. The van der Waals surface area contributed by atoms with E-state index in [1.54, 1.807) is 140 Å². The number of aromatic nitrogens is 2. The van der Waals surface area contributed by atoms with Crippen LogP contribution < -0.4 is 10.6 Å². The van der Waals surface area contributed by atoms with Crippen LogP contribution in [-0.4, -0.2) is 236 Å². The van der Waals surface area contributed by atoms with E-state index in [2.05, 4.69) is 38.1 Å². The van der Waals surface area contributed by atoms with Gasteiger partial charge in [-0.15, -0.1) is 0 Å². The van der Waals surface area contributed by atoms with Gasteiger partial charge in [0.2, 0.25) is 0 Å². The predicted octanol–water partition coefficient (Wildman–Crippen LogP) is 9.37. The average Bonchev–Trinajstić information content (AvgIpc) is 1.63. The first-order valence-electron chi connectivity index (χ1n) is 42.7. The fourth-order valence-corrected chi connectivity index (χ4v) is 21.8. The molecule has 2 amide bonds. The van der Waals surface area contributed by atoms with Gasteiger partial charge in [0.05, 0.1) is 71.8 Å². The summed E-state index contributed by atoms with van der Waals surface area (Å²) in [4.78, 5) is 121. The SMILES string of the molecule is C=C[C@@H]1O[C@@H]2C3=C(C)[C@@H](OC(=O)[C@H](O)[C@@H](NC(=O)OC(C)(C)C)c4ccccn4)C[C@@](O)([C@@H](OC(=O)c4ccccc4)[C@H]4[C@@](C)(CC[C@H]5OC[C@]54OC(C)=O)[C@@H]2O1)C3(C)C.CC(=O)O[C@@]12CO[C@@H]1CC[C@@]1(C)[C@@H]3O[C@H](CN4CC(C#N)C4)O[C@@H]3C3=C(C)[C@@H](OC(=O)[C@H](O)[C@@H](NC(=O)OC(C)(C)C)c4ccccn4)C[C@@](O)([C@@H](OC(=O)c4ccccc4)[C@@H]12)C3(C)C. The Labute approximate surface area is 726 Å². The molecule has 4 saturated carbocycles. The highest BCUT2D eigenvalue weighted by Gasteiger charge is 2.80. The molecule has 5 aliphatic heterocycles. The molecule has 11 aliphatic rings. The monoisotopic (exact) mass is 1730 g/mol. The number of amides is 2. The van der Waals surface area contributed by atoms with Gasteiger partial charge >= 0.3 is 48.0 Å². The minimum atomic E-state index is -2.10. The minimum absolute atomic E-state index is 0.0393. The summed E-state index contributed by atoms with van der Waals surface area (Å²) < 4.78 is 88.9. The maximum Gasteiger partial charge on any atom is 0.408 e. The molecule has 674 valence electrons. The average molecular weight is 1730 g/mol. The van der Waals surface area contributed by atoms with Gasteiger partial charge in [-0.3, -0.25) is 24.5 Å². The van der Waals surface area contributed by atoms with E-state index in [9.17, 15) is 64.0 Å². The third-order valence-corrected chi connectivity index (χ3v) is 27.8. The van der Waals surface area contributed by atoms with Gasteiger partial charge in [0.1, 0.15) is 83.3 Å². The summed E-state index contributed by atoms with van der Waals surface area (Å²) in [6.45, 7) is 32.7. The molecule has 7 heterocycles. The zero-order valence-corrected chi connectivity index (χ0v) is 73.5. The van der Waals surface area contributed by atoms with Gasteiger partial charge in [0.25, 0.3) is 0 Å². The highest BCUT2D eigenvalue weighted by molar-refractivity contribution is 5.90. The highest BCUT2D eigenvalue weighted by Crippen LogP contribution is 2.70. The Balaban J connectivity index is 0.000000204. The number of hydrogen-bond acceptors (Lipinski definition) is 30. The second-order valence-electron chi connectivity index (χ2n) is 38.6. The van der Waals surface area contributed by atoms with E-state index in [1.807, 2.05) is 41.5 Å². The summed E-state index contributed by atoms with van der Waals surface area (Å²) in [6.07, 6.45) is -11.9. The van der Waals surface area contributed by atoms with Gasteiger partial charge < -0.3 is 97.4 Å². The van der Waals surface area contributed by atoms with Crippen molar-refractivity contribution in [2.45, 2.75) is 281 Å². The number of carbonyl (C=O) groups excluding carboxylic acids is 8. The lowest BCUT2D eigenvalue weighted by Gasteiger charge is -2.68. The fourth-order valence-electron chi connectivity index (χ4n) is 21.8. The number of nitrogens with zero attached hydrogens (tertiary/aromatic N) is 4. The van der Waals surface area contributed by atoms with Crippen molar-refractivity contribution in [1.29, 1.82) is 5.26 Å². The van der Waals surface area contributed by atoms with Crippen LogP contribution in [-0.2, 0) is 85.5 Å². The third kappa shape index (κ3) is 16.7. The lowest BCUT2D eigenvalue weighted by molar-refractivity contribution is -0.345. The Hall–Kier alpha value is -9.63. The first kappa shape index (κ1) is 91.6. The van der Waals surface area contributed by atoms with Crippen LogP contribution in [0.1, 0.15) is 193 Å². The maximum atomic E-state index is 14.5. The number of pyridine rings is 2. The molecule has 4 aromatic rings.